The van der Waals surface area contributed by atoms with Crippen LogP contribution in [0, 0.1) is 13.8 Å². The van der Waals surface area contributed by atoms with Crippen LogP contribution in [0.3, 0.4) is 0 Å². The summed E-state index contributed by atoms with van der Waals surface area (Å²) in [6.45, 7) is 10.4. The zero-order valence-corrected chi connectivity index (χ0v) is 14.0. The number of aryl methyl sites for hydroxylation is 1. The van der Waals surface area contributed by atoms with E-state index >= 15 is 0 Å². The number of nitrogens with zero attached hydrogens (tertiary/aromatic N) is 1. The summed E-state index contributed by atoms with van der Waals surface area (Å²) in [6, 6.07) is 3.87. The van der Waals surface area contributed by atoms with Crippen LogP contribution in [-0.2, 0) is 9.53 Å². The molecule has 0 radical (unpaired) electrons. The molecule has 1 fully saturated rings. The molecule has 6 nitrogen and oxygen atoms in total. The van der Waals surface area contributed by atoms with Crippen molar-refractivity contribution in [1.29, 1.82) is 0 Å². The lowest BCUT2D eigenvalue weighted by Gasteiger charge is -2.28. The van der Waals surface area contributed by atoms with Crippen molar-refractivity contribution in [2.45, 2.75) is 13.8 Å². The second-order valence-electron chi connectivity index (χ2n) is 5.48. The fourth-order valence-electron chi connectivity index (χ4n) is 2.78. The van der Waals surface area contributed by atoms with Crippen LogP contribution in [0.4, 0.5) is 5.88 Å². The van der Waals surface area contributed by atoms with Crippen molar-refractivity contribution in [1.82, 2.24) is 0 Å². The van der Waals surface area contributed by atoms with Gasteiger partial charge in [0.05, 0.1) is 24.2 Å². The van der Waals surface area contributed by atoms with Crippen molar-refractivity contribution in [2.75, 3.05) is 31.2 Å². The number of hydrogen-bond donors (Lipinski definition) is 1. The zero-order chi connectivity index (χ0) is 17.7. The number of ether oxygens (including phenoxy) is 1. The lowest BCUT2D eigenvalue weighted by atomic mass is 10.0. The van der Waals surface area contributed by atoms with Crippen LogP contribution in [0.25, 0.3) is 17.0 Å². The van der Waals surface area contributed by atoms with Gasteiger partial charge in [-0.15, -0.1) is 0 Å². The lowest BCUT2D eigenvalue weighted by molar-refractivity contribution is -0.106. The Morgan fingerprint density at radius 1 is 1.25 bits per heavy atom. The standard InChI is InChI=1S/C17H19NO3.CH3NO/c1-4-13-6-5-11(2)14-15(19)12(3)17(21-16(13)14)18-7-9-20-10-8-18;2-1-3/h4-6H,1,7-10H2,2-3H3;1H,(H2,2,3). The summed E-state index contributed by atoms with van der Waals surface area (Å²) in [4.78, 5) is 23.4. The van der Waals surface area contributed by atoms with E-state index in [1.54, 1.807) is 6.08 Å². The van der Waals surface area contributed by atoms with Gasteiger partial charge in [0.15, 0.2) is 5.43 Å². The van der Waals surface area contributed by atoms with E-state index in [1.165, 1.54) is 0 Å². The van der Waals surface area contributed by atoms with Crippen molar-refractivity contribution in [3.63, 3.8) is 0 Å². The van der Waals surface area contributed by atoms with E-state index in [0.29, 0.717) is 35.6 Å². The number of nitrogens with two attached hydrogens (primary N) is 1. The Morgan fingerprint density at radius 2 is 1.88 bits per heavy atom. The average molecular weight is 330 g/mol. The van der Waals surface area contributed by atoms with Gasteiger partial charge < -0.3 is 19.8 Å². The van der Waals surface area contributed by atoms with Crippen LogP contribution >= 0.6 is 0 Å². The number of carbonyl (C=O) groups is 1. The molecule has 128 valence electrons. The van der Waals surface area contributed by atoms with Crippen molar-refractivity contribution < 1.29 is 13.9 Å². The summed E-state index contributed by atoms with van der Waals surface area (Å²) >= 11 is 0. The molecule has 1 saturated heterocycles. The molecule has 2 aromatic rings. The molecule has 24 heavy (non-hydrogen) atoms. The summed E-state index contributed by atoms with van der Waals surface area (Å²) in [6.07, 6.45) is 1.98. The van der Waals surface area contributed by atoms with Crippen LogP contribution in [0.1, 0.15) is 16.7 Å². The zero-order valence-electron chi connectivity index (χ0n) is 14.0. The number of hydrogen-bond acceptors (Lipinski definition) is 5. The molecular weight excluding hydrogens is 308 g/mol. The number of carbonyl (C=O) groups excluding carboxylic acids is 1. The molecule has 1 aromatic heterocycles. The SMILES string of the molecule is C=Cc1ccc(C)c2c(=O)c(C)c(N3CCOCC3)oc12.NC=O. The first kappa shape index (κ1) is 17.7. The smallest absolute Gasteiger partial charge is 0.204 e. The van der Waals surface area contributed by atoms with Crippen LogP contribution in [0.2, 0.25) is 0 Å². The first-order valence-electron chi connectivity index (χ1n) is 7.72. The summed E-state index contributed by atoms with van der Waals surface area (Å²) < 4.78 is 11.5. The summed E-state index contributed by atoms with van der Waals surface area (Å²) in [5.41, 5.74) is 7.28. The first-order chi connectivity index (χ1) is 11.5. The number of morpholine rings is 1. The Balaban J connectivity index is 0.000000647. The summed E-state index contributed by atoms with van der Waals surface area (Å²) in [7, 11) is 0. The summed E-state index contributed by atoms with van der Waals surface area (Å²) in [5.74, 6) is 0.657. The van der Waals surface area contributed by atoms with Gasteiger partial charge in [-0.25, -0.2) is 0 Å². The third-order valence-electron chi connectivity index (χ3n) is 4.00. The minimum absolute atomic E-state index is 0.0407. The van der Waals surface area contributed by atoms with Gasteiger partial charge in [0.1, 0.15) is 5.58 Å². The fourth-order valence-corrected chi connectivity index (χ4v) is 2.78. The Kier molecular flexibility index (Phi) is 5.76. The molecule has 2 N–H and O–H groups in total. The Bertz CT molecular complexity index is 805. The predicted molar refractivity (Wildman–Crippen MR) is 95.3 cm³/mol. The maximum absolute atomic E-state index is 12.7. The van der Waals surface area contributed by atoms with Crippen molar-refractivity contribution in [3.8, 4) is 0 Å². The number of amides is 1. The first-order valence-corrected chi connectivity index (χ1v) is 7.72. The third-order valence-corrected chi connectivity index (χ3v) is 4.00. The van der Waals surface area contributed by atoms with Gasteiger partial charge in [-0.05, 0) is 19.4 Å². The van der Waals surface area contributed by atoms with E-state index in [4.69, 9.17) is 13.9 Å². The molecule has 1 aliphatic rings. The lowest BCUT2D eigenvalue weighted by Crippen LogP contribution is -2.37. The van der Waals surface area contributed by atoms with Gasteiger partial charge in [-0.1, -0.05) is 24.8 Å². The topological polar surface area (TPSA) is 85.8 Å². The van der Waals surface area contributed by atoms with Crippen molar-refractivity contribution >= 4 is 29.3 Å². The number of anilines is 1. The molecule has 6 heteroatoms. The van der Waals surface area contributed by atoms with Crippen molar-refractivity contribution in [2.24, 2.45) is 5.73 Å². The molecule has 0 saturated carbocycles. The number of fused-ring (bicyclic) bond motifs is 1. The van der Waals surface area contributed by atoms with E-state index in [1.807, 2.05) is 26.0 Å². The molecule has 1 aliphatic heterocycles. The largest absolute Gasteiger partial charge is 0.439 e. The van der Waals surface area contributed by atoms with Crippen LogP contribution in [0.5, 0.6) is 0 Å². The van der Waals surface area contributed by atoms with E-state index < -0.39 is 0 Å². The molecule has 0 aliphatic carbocycles. The van der Waals surface area contributed by atoms with Gasteiger partial charge in [0.2, 0.25) is 12.3 Å². The monoisotopic (exact) mass is 330 g/mol. The van der Waals surface area contributed by atoms with E-state index in [9.17, 15) is 4.79 Å². The predicted octanol–water partition coefficient (Wildman–Crippen LogP) is 1.99. The number of rotatable bonds is 2. The number of benzene rings is 1. The highest BCUT2D eigenvalue weighted by atomic mass is 16.5. The van der Waals surface area contributed by atoms with Gasteiger partial charge in [0.25, 0.3) is 0 Å². The Labute approximate surface area is 140 Å². The Hall–Kier alpha value is -2.60. The summed E-state index contributed by atoms with van der Waals surface area (Å²) in [5, 5.41) is 0.655. The molecule has 0 atom stereocenters. The van der Waals surface area contributed by atoms with Crippen molar-refractivity contribution in [3.05, 3.63) is 45.6 Å². The third kappa shape index (κ3) is 3.33. The maximum Gasteiger partial charge on any atom is 0.204 e. The molecule has 1 amide bonds. The van der Waals surface area contributed by atoms with Gasteiger partial charge in [0, 0.05) is 18.7 Å². The van der Waals surface area contributed by atoms with Gasteiger partial charge >= 0.3 is 0 Å². The molecule has 1 aromatic carbocycles. The van der Waals surface area contributed by atoms with E-state index in [2.05, 4.69) is 17.2 Å². The molecule has 2 heterocycles. The highest BCUT2D eigenvalue weighted by molar-refractivity contribution is 5.89. The minimum Gasteiger partial charge on any atom is -0.439 e. The van der Waals surface area contributed by atoms with Crippen LogP contribution < -0.4 is 16.1 Å². The molecule has 0 unspecified atom stereocenters. The molecule has 3 rings (SSSR count). The molecular formula is C18H22N2O4. The van der Waals surface area contributed by atoms with Gasteiger partial charge in [-0.2, -0.15) is 0 Å². The number of primary amides is 1. The van der Waals surface area contributed by atoms with Crippen LogP contribution in [-0.4, -0.2) is 32.7 Å². The normalized spacial score (nSPS) is 14.0. The highest BCUT2D eigenvalue weighted by Gasteiger charge is 2.20. The van der Waals surface area contributed by atoms with E-state index in [0.717, 1.165) is 24.2 Å². The minimum atomic E-state index is 0.0407. The second kappa shape index (κ2) is 7.79. The fraction of sp³-hybridized carbons (Fsp3) is 0.333. The van der Waals surface area contributed by atoms with Crippen LogP contribution in [0.15, 0.2) is 27.9 Å². The van der Waals surface area contributed by atoms with E-state index in [-0.39, 0.29) is 11.8 Å². The molecule has 0 bridgehead atoms. The molecule has 0 spiro atoms. The second-order valence-corrected chi connectivity index (χ2v) is 5.48. The average Bonchev–Trinajstić information content (AvgIpc) is 2.59. The van der Waals surface area contributed by atoms with Gasteiger partial charge in [-0.3, -0.25) is 9.59 Å². The maximum atomic E-state index is 12.7. The quantitative estimate of drug-likeness (QED) is 0.851. The Morgan fingerprint density at radius 3 is 2.46 bits per heavy atom. The highest BCUT2D eigenvalue weighted by Crippen LogP contribution is 2.28.